The van der Waals surface area contributed by atoms with Gasteiger partial charge in [-0.1, -0.05) is 41.1 Å². The summed E-state index contributed by atoms with van der Waals surface area (Å²) >= 11 is 7.78. The van der Waals surface area contributed by atoms with Crippen LogP contribution >= 0.6 is 22.9 Å². The number of benzene rings is 3. The van der Waals surface area contributed by atoms with Crippen molar-refractivity contribution in [3.63, 3.8) is 0 Å². The Morgan fingerprint density at radius 3 is 2.45 bits per heavy atom. The van der Waals surface area contributed by atoms with Crippen LogP contribution in [-0.2, 0) is 14.8 Å². The van der Waals surface area contributed by atoms with Gasteiger partial charge in [-0.15, -0.1) is 0 Å². The molecule has 0 unspecified atom stereocenters. The lowest BCUT2D eigenvalue weighted by Gasteiger charge is -2.27. The first kappa shape index (κ1) is 28.5. The van der Waals surface area contributed by atoms with E-state index in [0.29, 0.717) is 27.9 Å². The Hall–Kier alpha value is -3.02. The SMILES string of the molecule is Cc1c(Cl)ccc2sc(N(CCCN3CCOCC3)C(=O)c3ccc(S(=O)(=O)N(C)c4ccccc4)cc3)nc12. The van der Waals surface area contributed by atoms with Crippen molar-refractivity contribution in [1.29, 1.82) is 0 Å². The van der Waals surface area contributed by atoms with E-state index >= 15 is 0 Å². The zero-order valence-corrected chi connectivity index (χ0v) is 24.8. The molecule has 0 aliphatic carbocycles. The summed E-state index contributed by atoms with van der Waals surface area (Å²) in [5.74, 6) is -0.231. The number of hydrogen-bond donors (Lipinski definition) is 0. The van der Waals surface area contributed by atoms with Gasteiger partial charge in [-0.3, -0.25) is 18.9 Å². The number of rotatable bonds is 9. The fourth-order valence-electron chi connectivity index (χ4n) is 4.63. The van der Waals surface area contributed by atoms with Crippen molar-refractivity contribution >= 4 is 59.9 Å². The van der Waals surface area contributed by atoms with Crippen molar-refractivity contribution < 1.29 is 17.9 Å². The Balaban J connectivity index is 1.40. The molecule has 210 valence electrons. The quantitative estimate of drug-likeness (QED) is 0.255. The lowest BCUT2D eigenvalue weighted by molar-refractivity contribution is 0.0376. The Morgan fingerprint density at radius 1 is 1.05 bits per heavy atom. The van der Waals surface area contributed by atoms with Gasteiger partial charge in [0.15, 0.2) is 5.13 Å². The van der Waals surface area contributed by atoms with Gasteiger partial charge in [-0.05, 0) is 67.4 Å². The number of hydrogen-bond acceptors (Lipinski definition) is 7. The van der Waals surface area contributed by atoms with Crippen molar-refractivity contribution in [2.75, 3.05) is 55.6 Å². The van der Waals surface area contributed by atoms with E-state index in [1.807, 2.05) is 25.1 Å². The average molecular weight is 599 g/mol. The number of sulfonamides is 1. The minimum atomic E-state index is -3.79. The molecule has 0 spiro atoms. The summed E-state index contributed by atoms with van der Waals surface area (Å²) in [6, 6.07) is 18.7. The fraction of sp³-hybridized carbons (Fsp3) is 0.310. The van der Waals surface area contributed by atoms with Crippen LogP contribution in [-0.4, -0.2) is 70.6 Å². The van der Waals surface area contributed by atoms with Gasteiger partial charge in [0, 0.05) is 43.8 Å². The van der Waals surface area contributed by atoms with Crippen LogP contribution in [0.15, 0.2) is 71.6 Å². The molecular formula is C29H31ClN4O4S2. The van der Waals surface area contributed by atoms with Crippen LogP contribution in [0.1, 0.15) is 22.3 Å². The Bertz CT molecular complexity index is 1590. The molecule has 0 bridgehead atoms. The van der Waals surface area contributed by atoms with Crippen LogP contribution in [0.2, 0.25) is 5.02 Å². The second-order valence-corrected chi connectivity index (χ2v) is 13.0. The third-order valence-corrected chi connectivity index (χ3v) is 10.3. The molecule has 5 rings (SSSR count). The summed E-state index contributed by atoms with van der Waals surface area (Å²) in [4.78, 5) is 22.8. The second kappa shape index (κ2) is 12.2. The molecular weight excluding hydrogens is 568 g/mol. The molecule has 1 fully saturated rings. The number of nitrogens with zero attached hydrogens (tertiary/aromatic N) is 4. The normalized spacial score (nSPS) is 14.4. The van der Waals surface area contributed by atoms with E-state index < -0.39 is 10.0 Å². The summed E-state index contributed by atoms with van der Waals surface area (Å²) in [7, 11) is -2.27. The van der Waals surface area contributed by atoms with Crippen LogP contribution in [0.4, 0.5) is 10.8 Å². The van der Waals surface area contributed by atoms with Crippen molar-refractivity contribution in [3.8, 4) is 0 Å². The third-order valence-electron chi connectivity index (χ3n) is 7.05. The first-order chi connectivity index (χ1) is 19.3. The molecule has 0 atom stereocenters. The molecule has 1 aliphatic rings. The van der Waals surface area contributed by atoms with Crippen LogP contribution in [0.25, 0.3) is 10.2 Å². The zero-order chi connectivity index (χ0) is 28.3. The molecule has 1 aliphatic heterocycles. The van der Waals surface area contributed by atoms with E-state index in [9.17, 15) is 13.2 Å². The number of thiazole rings is 1. The van der Waals surface area contributed by atoms with Gasteiger partial charge in [0.05, 0.1) is 34.0 Å². The average Bonchev–Trinajstić information content (AvgIpc) is 3.42. The molecule has 1 amide bonds. The number of para-hydroxylation sites is 1. The molecule has 3 aromatic carbocycles. The van der Waals surface area contributed by atoms with Gasteiger partial charge in [0.25, 0.3) is 15.9 Å². The van der Waals surface area contributed by atoms with Crippen LogP contribution in [0, 0.1) is 6.92 Å². The Kier molecular flexibility index (Phi) is 8.72. The first-order valence-corrected chi connectivity index (χ1v) is 15.7. The van der Waals surface area contributed by atoms with Crippen molar-refractivity contribution in [3.05, 3.63) is 82.9 Å². The summed E-state index contributed by atoms with van der Waals surface area (Å²) in [5.41, 5.74) is 2.60. The molecule has 1 aromatic heterocycles. The highest BCUT2D eigenvalue weighted by molar-refractivity contribution is 7.92. The van der Waals surface area contributed by atoms with E-state index in [0.717, 1.165) is 55.0 Å². The van der Waals surface area contributed by atoms with E-state index in [1.165, 1.54) is 34.8 Å². The minimum Gasteiger partial charge on any atom is -0.379 e. The van der Waals surface area contributed by atoms with E-state index in [4.69, 9.17) is 21.3 Å². The number of aromatic nitrogens is 1. The minimum absolute atomic E-state index is 0.111. The molecule has 40 heavy (non-hydrogen) atoms. The number of ether oxygens (including phenoxy) is 1. The van der Waals surface area contributed by atoms with Crippen LogP contribution in [0.5, 0.6) is 0 Å². The molecule has 0 saturated carbocycles. The second-order valence-electron chi connectivity index (χ2n) is 9.61. The van der Waals surface area contributed by atoms with Gasteiger partial charge in [0.1, 0.15) is 0 Å². The van der Waals surface area contributed by atoms with Crippen molar-refractivity contribution in [2.45, 2.75) is 18.2 Å². The smallest absolute Gasteiger partial charge is 0.264 e. The predicted molar refractivity (Wildman–Crippen MR) is 161 cm³/mol. The molecule has 2 heterocycles. The van der Waals surface area contributed by atoms with Gasteiger partial charge >= 0.3 is 0 Å². The molecule has 0 radical (unpaired) electrons. The largest absolute Gasteiger partial charge is 0.379 e. The maximum atomic E-state index is 13.8. The Morgan fingerprint density at radius 2 is 1.75 bits per heavy atom. The highest BCUT2D eigenvalue weighted by Gasteiger charge is 2.25. The zero-order valence-electron chi connectivity index (χ0n) is 22.4. The van der Waals surface area contributed by atoms with E-state index in [-0.39, 0.29) is 10.8 Å². The van der Waals surface area contributed by atoms with Gasteiger partial charge < -0.3 is 4.74 Å². The van der Waals surface area contributed by atoms with Crippen molar-refractivity contribution in [2.24, 2.45) is 0 Å². The molecule has 0 N–H and O–H groups in total. The number of amides is 1. The summed E-state index contributed by atoms with van der Waals surface area (Å²) in [6.07, 6.45) is 0.760. The predicted octanol–water partition coefficient (Wildman–Crippen LogP) is 5.45. The number of halogens is 1. The molecule has 11 heteroatoms. The topological polar surface area (TPSA) is 83.0 Å². The van der Waals surface area contributed by atoms with Crippen LogP contribution in [0.3, 0.4) is 0 Å². The van der Waals surface area contributed by atoms with E-state index in [1.54, 1.807) is 41.3 Å². The third kappa shape index (κ3) is 6.01. The molecule has 4 aromatic rings. The highest BCUT2D eigenvalue weighted by atomic mass is 35.5. The molecule has 1 saturated heterocycles. The van der Waals surface area contributed by atoms with Crippen LogP contribution < -0.4 is 9.21 Å². The van der Waals surface area contributed by atoms with Gasteiger partial charge in [-0.2, -0.15) is 0 Å². The first-order valence-electron chi connectivity index (χ1n) is 13.1. The van der Waals surface area contributed by atoms with Gasteiger partial charge in [0.2, 0.25) is 0 Å². The number of carbonyl (C=O) groups is 1. The lowest BCUT2D eigenvalue weighted by Crippen LogP contribution is -2.39. The monoisotopic (exact) mass is 598 g/mol. The number of carbonyl (C=O) groups excluding carboxylic acids is 1. The Labute approximate surface area is 243 Å². The van der Waals surface area contributed by atoms with E-state index in [2.05, 4.69) is 4.90 Å². The number of morpholine rings is 1. The number of fused-ring (bicyclic) bond motifs is 1. The lowest BCUT2D eigenvalue weighted by atomic mass is 10.2. The number of aryl methyl sites for hydroxylation is 1. The highest BCUT2D eigenvalue weighted by Crippen LogP contribution is 2.34. The standard InChI is InChI=1S/C29H31ClN4O4S2/c1-21-25(30)13-14-26-27(21)31-29(39-26)34(16-6-15-33-17-19-38-20-18-33)28(35)22-9-11-24(12-10-22)40(36,37)32(2)23-7-4-3-5-8-23/h3-5,7-14H,6,15-20H2,1-2H3. The summed E-state index contributed by atoms with van der Waals surface area (Å²) in [6.45, 7) is 6.42. The maximum absolute atomic E-state index is 13.8. The maximum Gasteiger partial charge on any atom is 0.264 e. The van der Waals surface area contributed by atoms with Crippen molar-refractivity contribution in [1.82, 2.24) is 9.88 Å². The number of anilines is 2. The summed E-state index contributed by atoms with van der Waals surface area (Å²) in [5, 5.41) is 1.22. The molecule has 8 nitrogen and oxygen atoms in total. The summed E-state index contributed by atoms with van der Waals surface area (Å²) < 4.78 is 34.1. The van der Waals surface area contributed by atoms with Gasteiger partial charge in [-0.25, -0.2) is 13.4 Å². The fourth-order valence-corrected chi connectivity index (χ4v) is 7.02.